The largest absolute Gasteiger partial charge is 0.494 e. The van der Waals surface area contributed by atoms with Crippen LogP contribution >= 0.6 is 0 Å². The van der Waals surface area contributed by atoms with E-state index < -0.39 is 5.60 Å². The van der Waals surface area contributed by atoms with Crippen LogP contribution in [0.5, 0.6) is 5.75 Å². The number of carbonyl (C=O) groups is 1. The van der Waals surface area contributed by atoms with Gasteiger partial charge in [0.25, 0.3) is 5.91 Å². The van der Waals surface area contributed by atoms with E-state index in [-0.39, 0.29) is 5.91 Å². The molecule has 0 saturated carbocycles. The van der Waals surface area contributed by atoms with Crippen LogP contribution in [0.3, 0.4) is 0 Å². The van der Waals surface area contributed by atoms with Gasteiger partial charge in [-0.15, -0.1) is 0 Å². The van der Waals surface area contributed by atoms with E-state index in [1.807, 2.05) is 38.1 Å². The van der Waals surface area contributed by atoms with Gasteiger partial charge in [-0.3, -0.25) is 9.69 Å². The van der Waals surface area contributed by atoms with Crippen LogP contribution in [0.1, 0.15) is 46.5 Å². The molecule has 0 aliphatic carbocycles. The fourth-order valence-electron chi connectivity index (χ4n) is 3.26. The second kappa shape index (κ2) is 12.0. The summed E-state index contributed by atoms with van der Waals surface area (Å²) in [5.74, 6) is 0.723. The molecule has 1 aromatic rings. The fourth-order valence-corrected chi connectivity index (χ4v) is 3.26. The van der Waals surface area contributed by atoms with Crippen LogP contribution in [0.25, 0.3) is 0 Å². The third kappa shape index (κ3) is 7.41. The van der Waals surface area contributed by atoms with Crippen LogP contribution in [0.2, 0.25) is 0 Å². The van der Waals surface area contributed by atoms with Crippen molar-refractivity contribution in [1.82, 2.24) is 4.90 Å². The van der Waals surface area contributed by atoms with Gasteiger partial charge in [0, 0.05) is 31.9 Å². The van der Waals surface area contributed by atoms with Gasteiger partial charge in [-0.05, 0) is 50.5 Å². The molecule has 6 nitrogen and oxygen atoms in total. The number of benzene rings is 1. The van der Waals surface area contributed by atoms with Crippen molar-refractivity contribution in [3.63, 3.8) is 0 Å². The molecule has 0 aromatic heterocycles. The van der Waals surface area contributed by atoms with Gasteiger partial charge in [0.2, 0.25) is 0 Å². The molecule has 0 radical (unpaired) electrons. The smallest absolute Gasteiger partial charge is 0.256 e. The minimum atomic E-state index is -0.792. The van der Waals surface area contributed by atoms with Crippen LogP contribution in [-0.2, 0) is 14.3 Å². The zero-order valence-corrected chi connectivity index (χ0v) is 17.7. The Labute approximate surface area is 169 Å². The van der Waals surface area contributed by atoms with Crippen molar-refractivity contribution in [3.05, 3.63) is 24.3 Å². The van der Waals surface area contributed by atoms with Gasteiger partial charge in [-0.2, -0.15) is 0 Å². The molecule has 1 unspecified atom stereocenters. The Morgan fingerprint density at radius 1 is 1.14 bits per heavy atom. The molecule has 0 bridgehead atoms. The van der Waals surface area contributed by atoms with Crippen molar-refractivity contribution >= 4 is 11.6 Å². The van der Waals surface area contributed by atoms with Gasteiger partial charge < -0.3 is 19.5 Å². The van der Waals surface area contributed by atoms with Crippen LogP contribution in [0.4, 0.5) is 5.69 Å². The van der Waals surface area contributed by atoms with Crippen molar-refractivity contribution in [3.8, 4) is 5.75 Å². The Hall–Kier alpha value is -1.63. The Morgan fingerprint density at radius 2 is 1.86 bits per heavy atom. The van der Waals surface area contributed by atoms with Gasteiger partial charge in [0.05, 0.1) is 19.8 Å². The molecule has 0 spiro atoms. The summed E-state index contributed by atoms with van der Waals surface area (Å²) in [6, 6.07) is 7.55. The first kappa shape index (κ1) is 22.7. The Kier molecular flexibility index (Phi) is 9.75. The molecular weight excluding hydrogens is 356 g/mol. The van der Waals surface area contributed by atoms with Crippen LogP contribution in [-0.4, -0.2) is 62.5 Å². The average molecular weight is 393 g/mol. The number of hydrogen-bond donors (Lipinski definition) is 1. The highest BCUT2D eigenvalue weighted by Crippen LogP contribution is 2.22. The molecule has 1 aliphatic rings. The highest BCUT2D eigenvalue weighted by Gasteiger charge is 2.33. The van der Waals surface area contributed by atoms with Gasteiger partial charge >= 0.3 is 0 Å². The van der Waals surface area contributed by atoms with Crippen molar-refractivity contribution < 1.29 is 19.0 Å². The highest BCUT2D eigenvalue weighted by atomic mass is 16.5. The highest BCUT2D eigenvalue weighted by molar-refractivity contribution is 5.97. The van der Waals surface area contributed by atoms with Crippen molar-refractivity contribution in [2.75, 3.05) is 51.4 Å². The summed E-state index contributed by atoms with van der Waals surface area (Å²) in [5, 5.41) is 2.98. The average Bonchev–Trinajstić information content (AvgIpc) is 2.72. The lowest BCUT2D eigenvalue weighted by Gasteiger charge is -2.28. The maximum absolute atomic E-state index is 12.7. The van der Waals surface area contributed by atoms with E-state index in [1.54, 1.807) is 0 Å². The molecular formula is C22H36N2O4. The fraction of sp³-hybridized carbons (Fsp3) is 0.682. The number of morpholine rings is 1. The molecule has 1 heterocycles. The lowest BCUT2D eigenvalue weighted by Crippen LogP contribution is -2.43. The van der Waals surface area contributed by atoms with E-state index in [4.69, 9.17) is 14.2 Å². The topological polar surface area (TPSA) is 60.0 Å². The van der Waals surface area contributed by atoms with Crippen LogP contribution < -0.4 is 10.1 Å². The molecule has 158 valence electrons. The SMILES string of the molecule is CCCOC(C)(CCC)C(=O)Nc1ccc(OCCCN2CCOCC2)cc1. The van der Waals surface area contributed by atoms with Crippen molar-refractivity contribution in [2.45, 2.75) is 52.1 Å². The summed E-state index contributed by atoms with van der Waals surface area (Å²) < 4.78 is 17.0. The number of carbonyl (C=O) groups excluding carboxylic acids is 1. The summed E-state index contributed by atoms with van der Waals surface area (Å²) in [6.07, 6.45) is 3.47. The van der Waals surface area contributed by atoms with Gasteiger partial charge in [-0.25, -0.2) is 0 Å². The van der Waals surface area contributed by atoms with Crippen LogP contribution in [0, 0.1) is 0 Å². The number of nitrogens with one attached hydrogen (secondary N) is 1. The Morgan fingerprint density at radius 3 is 2.50 bits per heavy atom. The molecule has 1 fully saturated rings. The second-order valence-electron chi connectivity index (χ2n) is 7.46. The maximum atomic E-state index is 12.7. The summed E-state index contributed by atoms with van der Waals surface area (Å²) >= 11 is 0. The molecule has 1 N–H and O–H groups in total. The summed E-state index contributed by atoms with van der Waals surface area (Å²) in [4.78, 5) is 15.1. The zero-order chi connectivity index (χ0) is 20.2. The molecule has 1 saturated heterocycles. The third-order valence-corrected chi connectivity index (χ3v) is 4.94. The molecule has 28 heavy (non-hydrogen) atoms. The molecule has 1 amide bonds. The quantitative estimate of drug-likeness (QED) is 0.550. The number of amides is 1. The molecule has 6 heteroatoms. The monoisotopic (exact) mass is 392 g/mol. The predicted molar refractivity (Wildman–Crippen MR) is 112 cm³/mol. The van der Waals surface area contributed by atoms with Crippen LogP contribution in [0.15, 0.2) is 24.3 Å². The first-order valence-electron chi connectivity index (χ1n) is 10.6. The number of nitrogens with zero attached hydrogens (tertiary/aromatic N) is 1. The number of hydrogen-bond acceptors (Lipinski definition) is 5. The van der Waals surface area contributed by atoms with Crippen molar-refractivity contribution in [2.24, 2.45) is 0 Å². The van der Waals surface area contributed by atoms with E-state index in [9.17, 15) is 4.79 Å². The summed E-state index contributed by atoms with van der Waals surface area (Å²) in [5.41, 5.74) is -0.0347. The van der Waals surface area contributed by atoms with E-state index in [0.29, 0.717) is 19.6 Å². The Bertz CT molecular complexity index is 572. The van der Waals surface area contributed by atoms with Crippen molar-refractivity contribution in [1.29, 1.82) is 0 Å². The van der Waals surface area contributed by atoms with Gasteiger partial charge in [-0.1, -0.05) is 20.3 Å². The van der Waals surface area contributed by atoms with Gasteiger partial charge in [0.15, 0.2) is 0 Å². The first-order valence-corrected chi connectivity index (χ1v) is 10.6. The third-order valence-electron chi connectivity index (χ3n) is 4.94. The summed E-state index contributed by atoms with van der Waals surface area (Å²) in [7, 11) is 0. The summed E-state index contributed by atoms with van der Waals surface area (Å²) in [6.45, 7) is 11.9. The number of anilines is 1. The number of ether oxygens (including phenoxy) is 3. The molecule has 1 atom stereocenters. The first-order chi connectivity index (χ1) is 13.6. The molecule has 2 rings (SSSR count). The number of rotatable bonds is 12. The molecule has 1 aliphatic heterocycles. The zero-order valence-electron chi connectivity index (χ0n) is 17.7. The minimum absolute atomic E-state index is 0.0954. The maximum Gasteiger partial charge on any atom is 0.256 e. The molecule has 1 aromatic carbocycles. The normalized spacial score (nSPS) is 17.1. The lowest BCUT2D eigenvalue weighted by atomic mass is 9.99. The van der Waals surface area contributed by atoms with E-state index in [1.165, 1.54) is 0 Å². The van der Waals surface area contributed by atoms with E-state index >= 15 is 0 Å². The lowest BCUT2D eigenvalue weighted by molar-refractivity contribution is -0.140. The minimum Gasteiger partial charge on any atom is -0.494 e. The van der Waals surface area contributed by atoms with E-state index in [0.717, 1.165) is 63.5 Å². The van der Waals surface area contributed by atoms with E-state index in [2.05, 4.69) is 17.1 Å². The second-order valence-corrected chi connectivity index (χ2v) is 7.46. The predicted octanol–water partition coefficient (Wildman–Crippen LogP) is 3.71. The van der Waals surface area contributed by atoms with Gasteiger partial charge in [0.1, 0.15) is 11.4 Å². The standard InChI is InChI=1S/C22H36N2O4/c1-4-11-22(3,28-15-5-2)21(25)23-19-7-9-20(10-8-19)27-16-6-12-24-13-17-26-18-14-24/h7-10H,4-6,11-18H2,1-3H3,(H,23,25). The Balaban J connectivity index is 1.76.